The molecule has 2 heterocycles. The zero-order chi connectivity index (χ0) is 13.1. The molecule has 0 saturated carbocycles. The van der Waals surface area contributed by atoms with E-state index >= 15 is 0 Å². The second kappa shape index (κ2) is 5.82. The quantitative estimate of drug-likeness (QED) is 0.449. The van der Waals surface area contributed by atoms with Crippen LogP contribution in [-0.2, 0) is 9.53 Å². The van der Waals surface area contributed by atoms with E-state index in [2.05, 4.69) is 22.3 Å². The molecule has 2 rings (SSSR count). The maximum Gasteiger partial charge on any atom is 0.315 e. The van der Waals surface area contributed by atoms with E-state index in [4.69, 9.17) is 0 Å². The minimum atomic E-state index is -0.142. The maximum atomic E-state index is 11.3. The molecular weight excluding hydrogens is 252 g/mol. The molecule has 0 radical (unpaired) electrons. The second-order valence-corrected chi connectivity index (χ2v) is 6.49. The lowest BCUT2D eigenvalue weighted by molar-refractivity contribution is -0.140. The van der Waals surface area contributed by atoms with E-state index in [1.807, 2.05) is 11.8 Å². The Hall–Kier alpha value is -0.910. The molecule has 0 aliphatic carbocycles. The summed E-state index contributed by atoms with van der Waals surface area (Å²) in [5.41, 5.74) is 0. The molecule has 4 unspecified atom stereocenters. The number of ether oxygens (including phenoxy) is 1. The van der Waals surface area contributed by atoms with Gasteiger partial charge in [0.1, 0.15) is 0 Å². The second-order valence-electron chi connectivity index (χ2n) is 4.87. The number of amides is 2. The maximum absolute atomic E-state index is 11.3. The SMILES string of the molecule is COC(=O)CCCCC1SC(C)C2NC(=O)NC12. The molecule has 5 nitrogen and oxygen atoms in total. The molecule has 102 valence electrons. The molecule has 2 aliphatic rings. The molecule has 0 spiro atoms. The summed E-state index contributed by atoms with van der Waals surface area (Å²) >= 11 is 1.93. The van der Waals surface area contributed by atoms with Gasteiger partial charge < -0.3 is 15.4 Å². The Morgan fingerprint density at radius 2 is 2.06 bits per heavy atom. The van der Waals surface area contributed by atoms with Crippen molar-refractivity contribution in [1.29, 1.82) is 0 Å². The molecule has 0 aromatic rings. The first-order chi connectivity index (χ1) is 8.61. The van der Waals surface area contributed by atoms with E-state index in [1.165, 1.54) is 7.11 Å². The van der Waals surface area contributed by atoms with Crippen LogP contribution in [0.3, 0.4) is 0 Å². The average molecular weight is 272 g/mol. The molecular formula is C12H20N2O3S. The summed E-state index contributed by atoms with van der Waals surface area (Å²) in [4.78, 5) is 22.3. The summed E-state index contributed by atoms with van der Waals surface area (Å²) < 4.78 is 4.61. The normalized spacial score (nSPS) is 33.8. The van der Waals surface area contributed by atoms with Crippen LogP contribution in [0.5, 0.6) is 0 Å². The number of hydrogen-bond donors (Lipinski definition) is 2. The molecule has 0 bridgehead atoms. The smallest absolute Gasteiger partial charge is 0.315 e. The molecule has 18 heavy (non-hydrogen) atoms. The third-order valence-corrected chi connectivity index (χ3v) is 5.23. The molecule has 2 amide bonds. The number of carbonyl (C=O) groups excluding carboxylic acids is 2. The Morgan fingerprint density at radius 3 is 2.78 bits per heavy atom. The summed E-state index contributed by atoms with van der Waals surface area (Å²) in [6.07, 6.45) is 3.38. The third kappa shape index (κ3) is 2.91. The van der Waals surface area contributed by atoms with Crippen LogP contribution < -0.4 is 10.6 Å². The third-order valence-electron chi connectivity index (χ3n) is 3.63. The molecule has 2 fully saturated rings. The van der Waals surface area contributed by atoms with Crippen molar-refractivity contribution in [2.75, 3.05) is 7.11 Å². The van der Waals surface area contributed by atoms with E-state index in [0.717, 1.165) is 19.3 Å². The fourth-order valence-electron chi connectivity index (χ4n) is 2.67. The number of urea groups is 1. The van der Waals surface area contributed by atoms with E-state index in [1.54, 1.807) is 0 Å². The van der Waals surface area contributed by atoms with Crippen LogP contribution in [0.4, 0.5) is 4.79 Å². The largest absolute Gasteiger partial charge is 0.469 e. The van der Waals surface area contributed by atoms with Crippen LogP contribution in [0.2, 0.25) is 0 Å². The lowest BCUT2D eigenvalue weighted by Gasteiger charge is -2.16. The summed E-state index contributed by atoms with van der Waals surface area (Å²) in [5, 5.41) is 6.88. The average Bonchev–Trinajstić information content (AvgIpc) is 2.85. The van der Waals surface area contributed by atoms with Gasteiger partial charge in [-0.25, -0.2) is 4.79 Å². The summed E-state index contributed by atoms with van der Waals surface area (Å²) in [6, 6.07) is 0.459. The number of fused-ring (bicyclic) bond motifs is 1. The predicted octanol–water partition coefficient (Wildman–Crippen LogP) is 1.27. The number of thioether (sulfide) groups is 1. The van der Waals surface area contributed by atoms with Crippen LogP contribution in [0, 0.1) is 0 Å². The Bertz CT molecular complexity index is 337. The van der Waals surface area contributed by atoms with E-state index in [-0.39, 0.29) is 24.1 Å². The highest BCUT2D eigenvalue weighted by Gasteiger charge is 2.46. The molecule has 2 N–H and O–H groups in total. The highest BCUT2D eigenvalue weighted by molar-refractivity contribution is 8.00. The van der Waals surface area contributed by atoms with Crippen molar-refractivity contribution in [3.8, 4) is 0 Å². The van der Waals surface area contributed by atoms with Gasteiger partial charge in [0, 0.05) is 16.9 Å². The van der Waals surface area contributed by atoms with Crippen molar-refractivity contribution in [3.63, 3.8) is 0 Å². The molecule has 0 aromatic carbocycles. The molecule has 6 heteroatoms. The minimum absolute atomic E-state index is 0.0447. The predicted molar refractivity (Wildman–Crippen MR) is 70.6 cm³/mol. The standard InChI is InChI=1S/C12H20N2O3S/c1-7-10-11(14-12(16)13-10)8(18-7)5-3-4-6-9(15)17-2/h7-8,10-11H,3-6H2,1-2H3,(H2,13,14,16). The number of methoxy groups -OCH3 is 1. The monoisotopic (exact) mass is 272 g/mol. The summed E-state index contributed by atoms with van der Waals surface area (Å²) in [5.74, 6) is -0.142. The fraction of sp³-hybridized carbons (Fsp3) is 0.833. The summed E-state index contributed by atoms with van der Waals surface area (Å²) in [6.45, 7) is 2.16. The summed E-state index contributed by atoms with van der Waals surface area (Å²) in [7, 11) is 1.42. The lowest BCUT2D eigenvalue weighted by atomic mass is 10.0. The number of unbranched alkanes of at least 4 members (excludes halogenated alkanes) is 1. The number of esters is 1. The van der Waals surface area contributed by atoms with Gasteiger partial charge in [-0.05, 0) is 12.8 Å². The van der Waals surface area contributed by atoms with Crippen LogP contribution in [0.15, 0.2) is 0 Å². The van der Waals surface area contributed by atoms with Crippen LogP contribution in [0.1, 0.15) is 32.6 Å². The first-order valence-corrected chi connectivity index (χ1v) is 7.35. The zero-order valence-corrected chi connectivity index (χ0v) is 11.6. The van der Waals surface area contributed by atoms with Crippen molar-refractivity contribution in [2.45, 2.75) is 55.2 Å². The van der Waals surface area contributed by atoms with Gasteiger partial charge in [-0.3, -0.25) is 4.79 Å². The van der Waals surface area contributed by atoms with Gasteiger partial charge in [0.15, 0.2) is 0 Å². The van der Waals surface area contributed by atoms with E-state index < -0.39 is 0 Å². The number of hydrogen-bond acceptors (Lipinski definition) is 4. The molecule has 0 aromatic heterocycles. The first-order valence-electron chi connectivity index (χ1n) is 6.41. The van der Waals surface area contributed by atoms with Crippen molar-refractivity contribution in [2.24, 2.45) is 0 Å². The fourth-order valence-corrected chi connectivity index (χ4v) is 4.33. The van der Waals surface area contributed by atoms with Crippen molar-refractivity contribution in [3.05, 3.63) is 0 Å². The van der Waals surface area contributed by atoms with Gasteiger partial charge in [0.05, 0.1) is 19.2 Å². The topological polar surface area (TPSA) is 67.4 Å². The minimum Gasteiger partial charge on any atom is -0.469 e. The number of rotatable bonds is 5. The van der Waals surface area contributed by atoms with Crippen LogP contribution >= 0.6 is 11.8 Å². The van der Waals surface area contributed by atoms with E-state index in [0.29, 0.717) is 16.9 Å². The molecule has 2 saturated heterocycles. The Kier molecular flexibility index (Phi) is 4.37. The molecule has 2 aliphatic heterocycles. The van der Waals surface area contributed by atoms with Crippen molar-refractivity contribution >= 4 is 23.8 Å². The van der Waals surface area contributed by atoms with Gasteiger partial charge in [0.2, 0.25) is 0 Å². The Balaban J connectivity index is 1.73. The highest BCUT2D eigenvalue weighted by Crippen LogP contribution is 2.38. The first kappa shape index (κ1) is 13.5. The Morgan fingerprint density at radius 1 is 1.33 bits per heavy atom. The van der Waals surface area contributed by atoms with Gasteiger partial charge >= 0.3 is 12.0 Å². The number of nitrogens with one attached hydrogen (secondary N) is 2. The Labute approximate surface area is 111 Å². The molecule has 4 atom stereocenters. The lowest BCUT2D eigenvalue weighted by Crippen LogP contribution is -2.38. The van der Waals surface area contributed by atoms with Crippen LogP contribution in [-0.4, -0.2) is 41.7 Å². The van der Waals surface area contributed by atoms with Crippen LogP contribution in [0.25, 0.3) is 0 Å². The highest BCUT2D eigenvalue weighted by atomic mass is 32.2. The zero-order valence-electron chi connectivity index (χ0n) is 10.8. The van der Waals surface area contributed by atoms with Gasteiger partial charge in [-0.2, -0.15) is 11.8 Å². The van der Waals surface area contributed by atoms with Gasteiger partial charge in [-0.1, -0.05) is 13.3 Å². The van der Waals surface area contributed by atoms with E-state index in [9.17, 15) is 9.59 Å². The van der Waals surface area contributed by atoms with Gasteiger partial charge in [-0.15, -0.1) is 0 Å². The number of carbonyl (C=O) groups is 2. The van der Waals surface area contributed by atoms with Crippen molar-refractivity contribution in [1.82, 2.24) is 10.6 Å². The van der Waals surface area contributed by atoms with Crippen molar-refractivity contribution < 1.29 is 14.3 Å². The van der Waals surface area contributed by atoms with Gasteiger partial charge in [0.25, 0.3) is 0 Å².